The van der Waals surface area contributed by atoms with Crippen molar-refractivity contribution in [1.82, 2.24) is 14.8 Å². The molecule has 0 saturated carbocycles. The van der Waals surface area contributed by atoms with Gasteiger partial charge in [0.05, 0.1) is 11.2 Å². The molecule has 29 heavy (non-hydrogen) atoms. The first kappa shape index (κ1) is 20.2. The molecule has 5 nitrogen and oxygen atoms in total. The Morgan fingerprint density at radius 1 is 1.24 bits per heavy atom. The molecule has 0 bridgehead atoms. The van der Waals surface area contributed by atoms with Gasteiger partial charge in [0, 0.05) is 42.7 Å². The van der Waals surface area contributed by atoms with Crippen LogP contribution in [0.1, 0.15) is 48.7 Å². The Kier molecular flexibility index (Phi) is 6.10. The molecule has 8 heteroatoms. The zero-order chi connectivity index (χ0) is 20.4. The Morgan fingerprint density at radius 2 is 2.00 bits per heavy atom. The van der Waals surface area contributed by atoms with Crippen LogP contribution in [-0.2, 0) is 6.61 Å². The third-order valence-electron chi connectivity index (χ3n) is 5.87. The lowest BCUT2D eigenvalue weighted by molar-refractivity contribution is 0.0687. The number of aromatic nitrogens is 1. The number of rotatable bonds is 6. The molecule has 1 aromatic heterocycles. The second-order valence-electron chi connectivity index (χ2n) is 7.81. The molecule has 2 aliphatic heterocycles. The summed E-state index contributed by atoms with van der Waals surface area (Å²) in [7, 11) is 0. The van der Waals surface area contributed by atoms with Crippen molar-refractivity contribution in [3.63, 3.8) is 0 Å². The first-order valence-electron chi connectivity index (χ1n) is 10.1. The summed E-state index contributed by atoms with van der Waals surface area (Å²) >= 11 is 1.42. The molecule has 3 heterocycles. The highest BCUT2D eigenvalue weighted by molar-refractivity contribution is 7.07. The van der Waals surface area contributed by atoms with Gasteiger partial charge < -0.3 is 9.64 Å². The summed E-state index contributed by atoms with van der Waals surface area (Å²) in [4.78, 5) is 21.1. The first-order chi connectivity index (χ1) is 14.0. The Balaban J connectivity index is 1.47. The van der Waals surface area contributed by atoms with Crippen LogP contribution in [0.5, 0.6) is 5.75 Å². The highest BCUT2D eigenvalue weighted by Crippen LogP contribution is 2.28. The van der Waals surface area contributed by atoms with Gasteiger partial charge in [-0.25, -0.2) is 13.8 Å². The van der Waals surface area contributed by atoms with Crippen LogP contribution in [0.2, 0.25) is 0 Å². The number of thiazole rings is 1. The zero-order valence-electron chi connectivity index (χ0n) is 16.4. The third kappa shape index (κ3) is 4.43. The standard InChI is InChI=1S/C21H25F2N3O2S/c1-14-4-2-6-25(14)10-16-5-3-7-26(16)21(27)20-18(22)8-17(9-19(20)23)28-11-15-12-29-13-24-15/h8-9,12-14,16H,2-7,10-11H2,1H3/t14-,16?/m0/s1. The smallest absolute Gasteiger partial charge is 0.260 e. The molecule has 4 rings (SSSR count). The van der Waals surface area contributed by atoms with Crippen molar-refractivity contribution in [2.24, 2.45) is 0 Å². The number of benzene rings is 1. The number of hydrogen-bond acceptors (Lipinski definition) is 5. The van der Waals surface area contributed by atoms with E-state index >= 15 is 0 Å². The molecule has 1 aromatic carbocycles. The number of hydrogen-bond donors (Lipinski definition) is 0. The summed E-state index contributed by atoms with van der Waals surface area (Å²) < 4.78 is 34.8. The molecule has 2 saturated heterocycles. The average molecular weight is 422 g/mol. The highest BCUT2D eigenvalue weighted by Gasteiger charge is 2.35. The van der Waals surface area contributed by atoms with Gasteiger partial charge in [-0.05, 0) is 39.2 Å². The minimum Gasteiger partial charge on any atom is -0.487 e. The van der Waals surface area contributed by atoms with Crippen LogP contribution in [0.4, 0.5) is 8.78 Å². The van der Waals surface area contributed by atoms with Crippen LogP contribution in [0.15, 0.2) is 23.0 Å². The van der Waals surface area contributed by atoms with E-state index in [4.69, 9.17) is 4.74 Å². The van der Waals surface area contributed by atoms with E-state index in [0.717, 1.165) is 50.9 Å². The number of carbonyl (C=O) groups excluding carboxylic acids is 1. The predicted molar refractivity (Wildman–Crippen MR) is 107 cm³/mol. The molecule has 1 amide bonds. The summed E-state index contributed by atoms with van der Waals surface area (Å²) in [5.41, 5.74) is 1.86. The SMILES string of the molecule is C[C@H]1CCCN1CC1CCCN1C(=O)c1c(F)cc(OCc2cscn2)cc1F. The van der Waals surface area contributed by atoms with E-state index in [9.17, 15) is 13.6 Å². The van der Waals surface area contributed by atoms with Gasteiger partial charge in [-0.1, -0.05) is 0 Å². The Hall–Kier alpha value is -2.06. The summed E-state index contributed by atoms with van der Waals surface area (Å²) in [5, 5.41) is 1.80. The lowest BCUT2D eigenvalue weighted by Gasteiger charge is -2.31. The summed E-state index contributed by atoms with van der Waals surface area (Å²) in [5.74, 6) is -2.29. The van der Waals surface area contributed by atoms with Gasteiger partial charge in [0.2, 0.25) is 0 Å². The van der Waals surface area contributed by atoms with Crippen LogP contribution in [0.3, 0.4) is 0 Å². The summed E-state index contributed by atoms with van der Waals surface area (Å²) in [6, 6.07) is 2.66. The van der Waals surface area contributed by atoms with Crippen molar-refractivity contribution in [1.29, 1.82) is 0 Å². The summed E-state index contributed by atoms with van der Waals surface area (Å²) in [6.45, 7) is 4.64. The van der Waals surface area contributed by atoms with Crippen molar-refractivity contribution in [3.05, 3.63) is 45.9 Å². The van der Waals surface area contributed by atoms with Crippen molar-refractivity contribution < 1.29 is 18.3 Å². The molecule has 2 aliphatic rings. The average Bonchev–Trinajstić information content (AvgIpc) is 3.43. The molecule has 2 fully saturated rings. The molecular formula is C21H25F2N3O2S. The Labute approximate surface area is 173 Å². The largest absolute Gasteiger partial charge is 0.487 e. The van der Waals surface area contributed by atoms with E-state index in [2.05, 4.69) is 16.8 Å². The second-order valence-corrected chi connectivity index (χ2v) is 8.53. The molecule has 2 aromatic rings. The molecule has 1 unspecified atom stereocenters. The highest BCUT2D eigenvalue weighted by atomic mass is 32.1. The van der Waals surface area contributed by atoms with Gasteiger partial charge in [-0.3, -0.25) is 9.69 Å². The molecule has 0 aliphatic carbocycles. The van der Waals surface area contributed by atoms with E-state index in [0.29, 0.717) is 18.3 Å². The van der Waals surface area contributed by atoms with E-state index in [1.54, 1.807) is 15.8 Å². The number of amides is 1. The monoisotopic (exact) mass is 421 g/mol. The Bertz CT molecular complexity index is 839. The van der Waals surface area contributed by atoms with Gasteiger partial charge in [0.15, 0.2) is 0 Å². The molecular weight excluding hydrogens is 396 g/mol. The molecule has 0 spiro atoms. The number of halogens is 2. The maximum absolute atomic E-state index is 14.7. The fourth-order valence-electron chi connectivity index (χ4n) is 4.27. The van der Waals surface area contributed by atoms with Crippen LogP contribution in [-0.4, -0.2) is 52.4 Å². The predicted octanol–water partition coefficient (Wildman–Crippen LogP) is 4.09. The minimum absolute atomic E-state index is 0.00226. The number of likely N-dealkylation sites (tertiary alicyclic amines) is 2. The fraction of sp³-hybridized carbons (Fsp3) is 0.524. The van der Waals surface area contributed by atoms with Crippen molar-refractivity contribution >= 4 is 17.2 Å². The maximum atomic E-state index is 14.7. The van der Waals surface area contributed by atoms with Crippen LogP contribution in [0, 0.1) is 11.6 Å². The molecule has 0 radical (unpaired) electrons. The van der Waals surface area contributed by atoms with E-state index in [1.807, 2.05) is 0 Å². The third-order valence-corrected chi connectivity index (χ3v) is 6.51. The summed E-state index contributed by atoms with van der Waals surface area (Å²) in [6.07, 6.45) is 4.05. The number of ether oxygens (including phenoxy) is 1. The zero-order valence-corrected chi connectivity index (χ0v) is 17.3. The van der Waals surface area contributed by atoms with Crippen LogP contribution < -0.4 is 4.74 Å². The van der Waals surface area contributed by atoms with Crippen LogP contribution >= 0.6 is 11.3 Å². The Morgan fingerprint density at radius 3 is 2.66 bits per heavy atom. The van der Waals surface area contributed by atoms with Gasteiger partial charge in [0.25, 0.3) is 5.91 Å². The van der Waals surface area contributed by atoms with E-state index < -0.39 is 23.1 Å². The lowest BCUT2D eigenvalue weighted by atomic mass is 10.1. The lowest BCUT2D eigenvalue weighted by Crippen LogP contribution is -2.44. The second kappa shape index (κ2) is 8.75. The van der Waals surface area contributed by atoms with Gasteiger partial charge in [0.1, 0.15) is 29.6 Å². The van der Waals surface area contributed by atoms with Gasteiger partial charge >= 0.3 is 0 Å². The van der Waals surface area contributed by atoms with Crippen molar-refractivity contribution in [3.8, 4) is 5.75 Å². The van der Waals surface area contributed by atoms with E-state index in [1.165, 1.54) is 11.3 Å². The quantitative estimate of drug-likeness (QED) is 0.705. The van der Waals surface area contributed by atoms with Crippen molar-refractivity contribution in [2.75, 3.05) is 19.6 Å². The minimum atomic E-state index is -0.886. The topological polar surface area (TPSA) is 45.7 Å². The van der Waals surface area contributed by atoms with Gasteiger partial charge in [-0.15, -0.1) is 11.3 Å². The number of nitrogens with zero attached hydrogens (tertiary/aromatic N) is 3. The molecule has 0 N–H and O–H groups in total. The van der Waals surface area contributed by atoms with Gasteiger partial charge in [-0.2, -0.15) is 0 Å². The van der Waals surface area contributed by atoms with Crippen LogP contribution in [0.25, 0.3) is 0 Å². The molecule has 156 valence electrons. The maximum Gasteiger partial charge on any atom is 0.260 e. The van der Waals surface area contributed by atoms with Crippen molar-refractivity contribution in [2.45, 2.75) is 51.3 Å². The normalized spacial score (nSPS) is 22.4. The van der Waals surface area contributed by atoms with E-state index in [-0.39, 0.29) is 18.4 Å². The number of carbonyl (C=O) groups is 1. The first-order valence-corrected chi connectivity index (χ1v) is 11.0. The fourth-order valence-corrected chi connectivity index (χ4v) is 4.82. The molecule has 2 atom stereocenters.